The van der Waals surface area contributed by atoms with Crippen molar-refractivity contribution in [3.8, 4) is 11.5 Å². The molecule has 0 spiro atoms. The average molecular weight is 373 g/mol. The molecule has 0 radical (unpaired) electrons. The molecule has 0 aliphatic carbocycles. The number of Topliss-reactive ketones (excluding diaryl/α,β-unsaturated/α-hetero) is 1. The van der Waals surface area contributed by atoms with E-state index in [4.69, 9.17) is 21.1 Å². The van der Waals surface area contributed by atoms with Crippen LogP contribution < -0.4 is 9.47 Å². The Kier molecular flexibility index (Phi) is 5.11. The summed E-state index contributed by atoms with van der Waals surface area (Å²) in [6, 6.07) is 13.3. The van der Waals surface area contributed by atoms with Crippen molar-refractivity contribution in [3.05, 3.63) is 58.6 Å². The Morgan fingerprint density at radius 1 is 0.962 bits per heavy atom. The Morgan fingerprint density at radius 3 is 2.50 bits per heavy atom. The van der Waals surface area contributed by atoms with Crippen molar-refractivity contribution < 1.29 is 14.3 Å². The van der Waals surface area contributed by atoms with Crippen LogP contribution in [0.4, 0.5) is 0 Å². The predicted molar refractivity (Wildman–Crippen MR) is 100 cm³/mol. The Hall–Kier alpha value is -2.08. The molecular formula is C20H21ClN2O3. The first-order valence-electron chi connectivity index (χ1n) is 8.80. The van der Waals surface area contributed by atoms with Crippen molar-refractivity contribution in [2.24, 2.45) is 0 Å². The maximum atomic E-state index is 12.4. The van der Waals surface area contributed by atoms with Crippen molar-refractivity contribution in [1.82, 2.24) is 9.80 Å². The summed E-state index contributed by atoms with van der Waals surface area (Å²) in [5.41, 5.74) is 1.83. The first-order valence-corrected chi connectivity index (χ1v) is 9.18. The van der Waals surface area contributed by atoms with Crippen LogP contribution in [0.5, 0.6) is 11.5 Å². The second-order valence-corrected chi connectivity index (χ2v) is 7.05. The minimum absolute atomic E-state index is 0.0832. The number of hydrogen-bond donors (Lipinski definition) is 0. The molecular weight excluding hydrogens is 352 g/mol. The van der Waals surface area contributed by atoms with E-state index in [1.165, 1.54) is 5.56 Å². The van der Waals surface area contributed by atoms with Gasteiger partial charge in [-0.1, -0.05) is 29.8 Å². The van der Waals surface area contributed by atoms with Crippen LogP contribution in [-0.2, 0) is 6.54 Å². The molecule has 4 rings (SSSR count). The third-order valence-corrected chi connectivity index (χ3v) is 5.18. The van der Waals surface area contributed by atoms with Gasteiger partial charge in [0.05, 0.1) is 11.6 Å². The van der Waals surface area contributed by atoms with Gasteiger partial charge >= 0.3 is 0 Å². The molecule has 0 aromatic heterocycles. The summed E-state index contributed by atoms with van der Waals surface area (Å²) in [7, 11) is 0. The Labute approximate surface area is 158 Å². The van der Waals surface area contributed by atoms with E-state index in [0.717, 1.165) is 44.2 Å². The number of ether oxygens (including phenoxy) is 2. The topological polar surface area (TPSA) is 42.0 Å². The first-order chi connectivity index (χ1) is 12.7. The fourth-order valence-corrected chi connectivity index (χ4v) is 3.62. The summed E-state index contributed by atoms with van der Waals surface area (Å²) in [4.78, 5) is 17.0. The molecule has 26 heavy (non-hydrogen) atoms. The smallest absolute Gasteiger partial charge is 0.231 e. The lowest BCUT2D eigenvalue weighted by Crippen LogP contribution is -2.47. The maximum absolute atomic E-state index is 12.4. The average Bonchev–Trinajstić information content (AvgIpc) is 3.11. The number of fused-ring (bicyclic) bond motifs is 1. The Morgan fingerprint density at radius 2 is 1.69 bits per heavy atom. The van der Waals surface area contributed by atoms with Gasteiger partial charge in [-0.15, -0.1) is 0 Å². The van der Waals surface area contributed by atoms with Gasteiger partial charge in [-0.05, 0) is 29.8 Å². The van der Waals surface area contributed by atoms with Gasteiger partial charge in [0.15, 0.2) is 17.3 Å². The van der Waals surface area contributed by atoms with Gasteiger partial charge in [-0.3, -0.25) is 14.6 Å². The van der Waals surface area contributed by atoms with Gasteiger partial charge in [0.1, 0.15) is 0 Å². The number of halogens is 1. The Bertz CT molecular complexity index is 803. The molecule has 136 valence electrons. The number of nitrogens with zero attached hydrogens (tertiary/aromatic N) is 2. The highest BCUT2D eigenvalue weighted by atomic mass is 35.5. The quantitative estimate of drug-likeness (QED) is 0.754. The molecule has 0 N–H and O–H groups in total. The molecule has 2 aliphatic rings. The van der Waals surface area contributed by atoms with Crippen LogP contribution in [0.15, 0.2) is 42.5 Å². The van der Waals surface area contributed by atoms with Crippen molar-refractivity contribution in [1.29, 1.82) is 0 Å². The Balaban J connectivity index is 1.29. The predicted octanol–water partition coefficient (Wildman–Crippen LogP) is 3.07. The monoisotopic (exact) mass is 372 g/mol. The summed E-state index contributed by atoms with van der Waals surface area (Å²) in [5.74, 6) is 1.72. The molecule has 0 unspecified atom stereocenters. The van der Waals surface area contributed by atoms with Gasteiger partial charge in [-0.25, -0.2) is 0 Å². The highest BCUT2D eigenvalue weighted by Crippen LogP contribution is 2.32. The number of carbonyl (C=O) groups excluding carboxylic acids is 1. The summed E-state index contributed by atoms with van der Waals surface area (Å²) in [5, 5.41) is 0.527. The van der Waals surface area contributed by atoms with Crippen LogP contribution in [0.3, 0.4) is 0 Å². The highest BCUT2D eigenvalue weighted by molar-refractivity contribution is 6.34. The second kappa shape index (κ2) is 7.66. The molecule has 0 amide bonds. The van der Waals surface area contributed by atoms with Gasteiger partial charge in [-0.2, -0.15) is 0 Å². The molecule has 0 saturated carbocycles. The van der Waals surface area contributed by atoms with Gasteiger partial charge in [0.2, 0.25) is 6.79 Å². The summed E-state index contributed by atoms with van der Waals surface area (Å²) in [6.07, 6.45) is 0. The molecule has 2 aromatic carbocycles. The van der Waals surface area contributed by atoms with Gasteiger partial charge < -0.3 is 9.47 Å². The van der Waals surface area contributed by atoms with E-state index in [1.807, 2.05) is 18.2 Å². The van der Waals surface area contributed by atoms with Crippen molar-refractivity contribution >= 4 is 17.4 Å². The van der Waals surface area contributed by atoms with E-state index in [1.54, 1.807) is 12.1 Å². The number of hydrogen-bond acceptors (Lipinski definition) is 5. The van der Waals surface area contributed by atoms with Gasteiger partial charge in [0.25, 0.3) is 0 Å². The van der Waals surface area contributed by atoms with Crippen LogP contribution in [0.2, 0.25) is 5.02 Å². The standard InChI is InChI=1S/C20H21ClN2O3/c21-17-4-2-1-3-16(17)18(24)13-23-9-7-22(8-10-23)12-15-5-6-19-20(11-15)26-14-25-19/h1-6,11H,7-10,12-14H2. The van der Waals surface area contributed by atoms with Crippen molar-refractivity contribution in [2.75, 3.05) is 39.5 Å². The number of piperazine rings is 1. The molecule has 2 aliphatic heterocycles. The van der Waals surface area contributed by atoms with Crippen LogP contribution in [-0.4, -0.2) is 55.1 Å². The summed E-state index contributed by atoms with van der Waals surface area (Å²) < 4.78 is 10.8. The molecule has 0 bridgehead atoms. The lowest BCUT2D eigenvalue weighted by Gasteiger charge is -2.34. The van der Waals surface area contributed by atoms with Gasteiger partial charge in [0, 0.05) is 38.3 Å². The number of ketones is 1. The van der Waals surface area contributed by atoms with Crippen LogP contribution >= 0.6 is 11.6 Å². The zero-order valence-corrected chi connectivity index (χ0v) is 15.2. The fourth-order valence-electron chi connectivity index (χ4n) is 3.38. The highest BCUT2D eigenvalue weighted by Gasteiger charge is 2.21. The largest absolute Gasteiger partial charge is 0.454 e. The van der Waals surface area contributed by atoms with E-state index < -0.39 is 0 Å². The maximum Gasteiger partial charge on any atom is 0.231 e. The van der Waals surface area contributed by atoms with E-state index in [9.17, 15) is 4.79 Å². The minimum Gasteiger partial charge on any atom is -0.454 e. The van der Waals surface area contributed by atoms with E-state index in [-0.39, 0.29) is 5.78 Å². The van der Waals surface area contributed by atoms with E-state index in [0.29, 0.717) is 23.9 Å². The van der Waals surface area contributed by atoms with Crippen molar-refractivity contribution in [2.45, 2.75) is 6.54 Å². The zero-order valence-electron chi connectivity index (χ0n) is 14.5. The zero-order chi connectivity index (χ0) is 17.9. The van der Waals surface area contributed by atoms with E-state index >= 15 is 0 Å². The molecule has 2 heterocycles. The SMILES string of the molecule is O=C(CN1CCN(Cc2ccc3c(c2)OCO3)CC1)c1ccccc1Cl. The van der Waals surface area contributed by atoms with Crippen LogP contribution in [0, 0.1) is 0 Å². The first kappa shape index (κ1) is 17.3. The van der Waals surface area contributed by atoms with Crippen molar-refractivity contribution in [3.63, 3.8) is 0 Å². The third kappa shape index (κ3) is 3.85. The minimum atomic E-state index is 0.0832. The molecule has 5 nitrogen and oxygen atoms in total. The third-order valence-electron chi connectivity index (χ3n) is 4.85. The number of carbonyl (C=O) groups is 1. The normalized spacial score (nSPS) is 17.4. The molecule has 0 atom stereocenters. The molecule has 6 heteroatoms. The summed E-state index contributed by atoms with van der Waals surface area (Å²) in [6.45, 7) is 5.22. The molecule has 2 aromatic rings. The second-order valence-electron chi connectivity index (χ2n) is 6.64. The lowest BCUT2D eigenvalue weighted by atomic mass is 10.1. The molecule has 1 fully saturated rings. The van der Waals surface area contributed by atoms with Crippen LogP contribution in [0.25, 0.3) is 0 Å². The summed E-state index contributed by atoms with van der Waals surface area (Å²) >= 11 is 6.12. The molecule has 1 saturated heterocycles. The lowest BCUT2D eigenvalue weighted by molar-refractivity contribution is 0.0844. The fraction of sp³-hybridized carbons (Fsp3) is 0.350. The number of benzene rings is 2. The number of rotatable bonds is 5. The van der Waals surface area contributed by atoms with Crippen LogP contribution in [0.1, 0.15) is 15.9 Å². The van der Waals surface area contributed by atoms with E-state index in [2.05, 4.69) is 21.9 Å².